The highest BCUT2D eigenvalue weighted by Gasteiger charge is 2.42. The number of aromatic amines is 1. The first kappa shape index (κ1) is 26.2. The van der Waals surface area contributed by atoms with Crippen LogP contribution in [0.4, 0.5) is 4.39 Å². The normalized spacial score (nSPS) is 19.8. The Bertz CT molecular complexity index is 2040. The molecule has 3 atom stereocenters. The number of halogens is 1. The number of nitrogens with one attached hydrogen (secondary N) is 1. The molecule has 2 fully saturated rings. The zero-order valence-corrected chi connectivity index (χ0v) is 24.2. The summed E-state index contributed by atoms with van der Waals surface area (Å²) in [5, 5.41) is 2.17. The average Bonchev–Trinajstić information content (AvgIpc) is 3.52. The molecule has 6 aromatic rings. The highest BCUT2D eigenvalue weighted by atomic mass is 19.1. The third-order valence-electron chi connectivity index (χ3n) is 9.94. The molecule has 6 nitrogen and oxygen atoms in total. The number of H-pyrrole nitrogens is 1. The molecule has 2 aliphatic rings. The van der Waals surface area contributed by atoms with Gasteiger partial charge in [-0.2, -0.15) is 0 Å². The Morgan fingerprint density at radius 1 is 1.00 bits per heavy atom. The topological polar surface area (TPSA) is 79.9 Å². The highest BCUT2D eigenvalue weighted by molar-refractivity contribution is 6.15. The van der Waals surface area contributed by atoms with Crippen molar-refractivity contribution in [2.45, 2.75) is 44.6 Å². The molecule has 43 heavy (non-hydrogen) atoms. The molecule has 2 saturated heterocycles. The summed E-state index contributed by atoms with van der Waals surface area (Å²) in [5.41, 5.74) is 13.0. The van der Waals surface area contributed by atoms with Crippen molar-refractivity contribution in [2.75, 3.05) is 13.1 Å². The summed E-state index contributed by atoms with van der Waals surface area (Å²) in [4.78, 5) is 23.5. The predicted octanol–water partition coefficient (Wildman–Crippen LogP) is 7.54. The third-order valence-corrected chi connectivity index (χ3v) is 9.94. The molecule has 0 radical (unpaired) electrons. The lowest BCUT2D eigenvalue weighted by Crippen LogP contribution is -2.57. The molecular weight excluding hydrogens is 537 g/mol. The predicted molar refractivity (Wildman–Crippen MR) is 170 cm³/mol. The van der Waals surface area contributed by atoms with Gasteiger partial charge in [0.15, 0.2) is 0 Å². The van der Waals surface area contributed by atoms with E-state index >= 15 is 0 Å². The zero-order valence-electron chi connectivity index (χ0n) is 24.2. The van der Waals surface area contributed by atoms with Crippen LogP contribution in [0, 0.1) is 11.7 Å². The lowest BCUT2D eigenvalue weighted by Gasteiger charge is -2.50. The maximum absolute atomic E-state index is 14.0. The van der Waals surface area contributed by atoms with Crippen molar-refractivity contribution in [3.8, 4) is 17.1 Å². The number of benzene rings is 4. The first-order valence-corrected chi connectivity index (χ1v) is 15.3. The zero-order chi connectivity index (χ0) is 29.2. The van der Waals surface area contributed by atoms with Crippen LogP contribution in [0.15, 0.2) is 78.9 Å². The fraction of sp³-hybridized carbons (Fsp3) is 0.278. The molecule has 216 valence electrons. The first-order valence-electron chi connectivity index (χ1n) is 15.3. The van der Waals surface area contributed by atoms with E-state index in [1.165, 1.54) is 44.4 Å². The smallest absolute Gasteiger partial charge is 0.248 e. The minimum atomic E-state index is -0.378. The number of carbonyl (C=O) groups excluding carboxylic acids is 1. The van der Waals surface area contributed by atoms with Gasteiger partial charge >= 0.3 is 0 Å². The van der Waals surface area contributed by atoms with Crippen molar-refractivity contribution in [3.05, 3.63) is 95.8 Å². The fourth-order valence-electron chi connectivity index (χ4n) is 7.78. The molecule has 4 aromatic carbocycles. The van der Waals surface area contributed by atoms with Gasteiger partial charge in [-0.25, -0.2) is 9.37 Å². The summed E-state index contributed by atoms with van der Waals surface area (Å²) >= 11 is 0. The summed E-state index contributed by atoms with van der Waals surface area (Å²) in [5.74, 6) is 0.743. The minimum absolute atomic E-state index is 0.210. The number of para-hydroxylation sites is 1. The van der Waals surface area contributed by atoms with Crippen LogP contribution >= 0.6 is 0 Å². The lowest BCUT2D eigenvalue weighted by molar-refractivity contribution is 0.00425. The number of hydrogen-bond donors (Lipinski definition) is 2. The SMILES string of the molecule is CC(c1cc(-n2c3ccccc3c3c(-c4nc5ccc(F)cc5[nH]4)cccc32)ccc1C(N)=O)[C@H]1CN2CCCCCC12. The third kappa shape index (κ3) is 4.17. The summed E-state index contributed by atoms with van der Waals surface area (Å²) in [7, 11) is 0. The second-order valence-electron chi connectivity index (χ2n) is 12.3. The van der Waals surface area contributed by atoms with Crippen LogP contribution in [0.3, 0.4) is 0 Å². The number of nitrogens with two attached hydrogens (primary N) is 1. The highest BCUT2D eigenvalue weighted by Crippen LogP contribution is 2.43. The van der Waals surface area contributed by atoms with E-state index in [0.717, 1.165) is 50.7 Å². The molecule has 0 spiro atoms. The van der Waals surface area contributed by atoms with E-state index in [2.05, 4.69) is 63.8 Å². The number of carbonyl (C=O) groups is 1. The van der Waals surface area contributed by atoms with Crippen LogP contribution in [0.1, 0.15) is 54.4 Å². The van der Waals surface area contributed by atoms with Gasteiger partial charge in [0, 0.05) is 40.2 Å². The van der Waals surface area contributed by atoms with E-state index in [1.54, 1.807) is 6.07 Å². The van der Waals surface area contributed by atoms with E-state index in [1.807, 2.05) is 18.2 Å². The van der Waals surface area contributed by atoms with Crippen LogP contribution in [0.25, 0.3) is 49.9 Å². The number of nitrogens with zero attached hydrogens (tertiary/aromatic N) is 3. The Morgan fingerprint density at radius 3 is 2.74 bits per heavy atom. The Hall–Kier alpha value is -4.49. The number of primary amides is 1. The molecule has 0 aliphatic carbocycles. The number of rotatable bonds is 5. The molecule has 7 heteroatoms. The molecule has 0 saturated carbocycles. The van der Waals surface area contributed by atoms with Crippen molar-refractivity contribution in [2.24, 2.45) is 11.7 Å². The van der Waals surface area contributed by atoms with Crippen molar-refractivity contribution < 1.29 is 9.18 Å². The van der Waals surface area contributed by atoms with Gasteiger partial charge in [0.2, 0.25) is 5.91 Å². The molecular formula is C36H34FN5O. The Morgan fingerprint density at radius 2 is 1.86 bits per heavy atom. The summed E-state index contributed by atoms with van der Waals surface area (Å²) < 4.78 is 16.2. The van der Waals surface area contributed by atoms with Crippen LogP contribution in [-0.4, -0.2) is 44.5 Å². The van der Waals surface area contributed by atoms with E-state index < -0.39 is 0 Å². The number of aromatic nitrogens is 3. The van der Waals surface area contributed by atoms with Gasteiger partial charge in [-0.15, -0.1) is 0 Å². The maximum atomic E-state index is 14.0. The van der Waals surface area contributed by atoms with Gasteiger partial charge in [-0.3, -0.25) is 9.69 Å². The molecule has 2 aromatic heterocycles. The Labute approximate surface area is 249 Å². The van der Waals surface area contributed by atoms with E-state index in [0.29, 0.717) is 28.9 Å². The standard InChI is InChI=1S/C36H34FN5O/c1-21(28-20-41-17-6-2-3-10-31(28)41)27-19-23(14-15-24(27)35(38)43)42-32-11-5-4-8-25(32)34-26(9-7-12-33(34)42)36-39-29-16-13-22(37)18-30(29)40-36/h4-5,7-9,11-16,18-19,21,28,31H,2-3,6,10,17,20H2,1H3,(H2,38,43)(H,39,40)/t21?,28-,31?/m1/s1. The quantitative estimate of drug-likeness (QED) is 0.224. The van der Waals surface area contributed by atoms with E-state index in [9.17, 15) is 9.18 Å². The number of imidazole rings is 1. The summed E-state index contributed by atoms with van der Waals surface area (Å²) in [6.45, 7) is 4.53. The van der Waals surface area contributed by atoms with Crippen molar-refractivity contribution >= 4 is 38.7 Å². The van der Waals surface area contributed by atoms with Crippen molar-refractivity contribution in [3.63, 3.8) is 0 Å². The second-order valence-corrected chi connectivity index (χ2v) is 12.3. The number of hydrogen-bond acceptors (Lipinski definition) is 3. The number of amides is 1. The van der Waals surface area contributed by atoms with Crippen LogP contribution in [0.2, 0.25) is 0 Å². The second kappa shape index (κ2) is 10.1. The molecule has 3 N–H and O–H groups in total. The van der Waals surface area contributed by atoms with Gasteiger partial charge in [0.05, 0.1) is 22.1 Å². The first-order chi connectivity index (χ1) is 21.0. The summed E-state index contributed by atoms with van der Waals surface area (Å²) in [6, 6.07) is 25.9. The molecule has 0 bridgehead atoms. The molecule has 2 unspecified atom stereocenters. The van der Waals surface area contributed by atoms with Gasteiger partial charge < -0.3 is 15.3 Å². The molecule has 8 rings (SSSR count). The molecule has 2 aliphatic heterocycles. The minimum Gasteiger partial charge on any atom is -0.366 e. The van der Waals surface area contributed by atoms with Crippen LogP contribution in [-0.2, 0) is 0 Å². The van der Waals surface area contributed by atoms with Gasteiger partial charge in [0.25, 0.3) is 0 Å². The largest absolute Gasteiger partial charge is 0.366 e. The van der Waals surface area contributed by atoms with Crippen molar-refractivity contribution in [1.82, 2.24) is 19.4 Å². The molecule has 4 heterocycles. The van der Waals surface area contributed by atoms with Gasteiger partial charge in [-0.05, 0) is 85.3 Å². The lowest BCUT2D eigenvalue weighted by atomic mass is 9.73. The van der Waals surface area contributed by atoms with E-state index in [4.69, 9.17) is 10.7 Å². The monoisotopic (exact) mass is 571 g/mol. The van der Waals surface area contributed by atoms with Gasteiger partial charge in [-0.1, -0.05) is 50.1 Å². The summed E-state index contributed by atoms with van der Waals surface area (Å²) in [6.07, 6.45) is 5.08. The van der Waals surface area contributed by atoms with Crippen molar-refractivity contribution in [1.29, 1.82) is 0 Å². The van der Waals surface area contributed by atoms with Gasteiger partial charge in [0.1, 0.15) is 11.6 Å². The molecule has 1 amide bonds. The maximum Gasteiger partial charge on any atom is 0.248 e. The fourth-order valence-corrected chi connectivity index (χ4v) is 7.78. The average molecular weight is 572 g/mol. The Kier molecular flexibility index (Phi) is 6.12. The van der Waals surface area contributed by atoms with E-state index in [-0.39, 0.29) is 17.6 Å². The van der Waals surface area contributed by atoms with Crippen LogP contribution in [0.5, 0.6) is 0 Å². The van der Waals surface area contributed by atoms with Crippen LogP contribution < -0.4 is 5.73 Å². The number of fused-ring (bicyclic) bond motifs is 5. The Balaban J connectivity index is 1.29.